The summed E-state index contributed by atoms with van der Waals surface area (Å²) in [4.78, 5) is 10.1. The van der Waals surface area contributed by atoms with Gasteiger partial charge in [-0.25, -0.2) is 0 Å². The van der Waals surface area contributed by atoms with E-state index in [0.29, 0.717) is 0 Å². The van der Waals surface area contributed by atoms with E-state index in [2.05, 4.69) is 6.92 Å². The topological polar surface area (TPSA) is 70.1 Å². The molecule has 4 heteroatoms. The van der Waals surface area contributed by atoms with Crippen molar-refractivity contribution in [1.29, 1.82) is 0 Å². The van der Waals surface area contributed by atoms with Crippen molar-refractivity contribution in [2.24, 2.45) is 0 Å². The maximum atomic E-state index is 10.1. The summed E-state index contributed by atoms with van der Waals surface area (Å²) in [6.07, 6.45) is 11.2. The molecule has 0 amide bonds. The Kier molecular flexibility index (Phi) is 23.6. The number of hydrogen-bond acceptors (Lipinski definition) is 3. The quantitative estimate of drug-likeness (QED) is 0.434. The first-order chi connectivity index (χ1) is 6.77. The number of unbranched alkanes of at least 4 members (excludes halogenated alkanes) is 8. The Labute approximate surface area is 115 Å². The van der Waals surface area contributed by atoms with Crippen molar-refractivity contribution in [3.8, 4) is 0 Å². The van der Waals surface area contributed by atoms with E-state index in [1.54, 1.807) is 0 Å². The summed E-state index contributed by atoms with van der Waals surface area (Å²) >= 11 is 0. The molecule has 0 atom stereocenters. The fraction of sp³-hybridized carbons (Fsp3) is 0.917. The van der Waals surface area contributed by atoms with Crippen LogP contribution in [-0.2, 0) is 4.79 Å². The molecule has 0 rings (SSSR count). The Bertz CT molecular complexity index is 140. The van der Waals surface area contributed by atoms with Crippen LogP contribution in [0.15, 0.2) is 0 Å². The maximum absolute atomic E-state index is 10.1. The van der Waals surface area contributed by atoms with Crippen molar-refractivity contribution in [2.75, 3.05) is 0 Å². The number of carbonyl (C=O) groups excluding carboxylic acids is 1. The third-order valence-electron chi connectivity index (χ3n) is 2.48. The van der Waals surface area contributed by atoms with Crippen LogP contribution in [0.1, 0.15) is 71.1 Å². The summed E-state index contributed by atoms with van der Waals surface area (Å²) in [5.41, 5.74) is 0. The zero-order valence-electron chi connectivity index (χ0n) is 10.5. The minimum absolute atomic E-state index is 0. The van der Waals surface area contributed by atoms with Crippen molar-refractivity contribution in [2.45, 2.75) is 71.1 Å². The van der Waals surface area contributed by atoms with Crippen LogP contribution in [0.5, 0.6) is 0 Å². The summed E-state index contributed by atoms with van der Waals surface area (Å²) in [5.74, 6) is -0.909. The van der Waals surface area contributed by atoms with E-state index in [0.717, 1.165) is 12.8 Å². The molecule has 0 radical (unpaired) electrons. The van der Waals surface area contributed by atoms with Crippen LogP contribution >= 0.6 is 0 Å². The minimum Gasteiger partial charge on any atom is -0.870 e. The molecule has 92 valence electrons. The Morgan fingerprint density at radius 1 is 0.875 bits per heavy atom. The van der Waals surface area contributed by atoms with E-state index >= 15 is 0 Å². The molecule has 0 unspecified atom stereocenters. The second-order valence-corrected chi connectivity index (χ2v) is 3.95. The Hall–Kier alpha value is 0.196. The van der Waals surface area contributed by atoms with Gasteiger partial charge in [0.15, 0.2) is 0 Å². The molecular formula is C12H24MgO3. The first-order valence-corrected chi connectivity index (χ1v) is 5.97. The molecule has 0 aromatic heterocycles. The minimum atomic E-state index is -0.909. The SMILES string of the molecule is CCCCCCCCCCCC(=O)[O-].[Mg+2].[OH-]. The van der Waals surface area contributed by atoms with Gasteiger partial charge in [-0.05, 0) is 12.8 Å². The second-order valence-electron chi connectivity index (χ2n) is 3.95. The van der Waals surface area contributed by atoms with Gasteiger partial charge in [0.05, 0.1) is 0 Å². The molecule has 0 heterocycles. The van der Waals surface area contributed by atoms with E-state index in [-0.39, 0.29) is 34.9 Å². The average Bonchev–Trinajstić information content (AvgIpc) is 2.15. The number of carboxylic acids is 1. The molecule has 0 bridgehead atoms. The van der Waals surface area contributed by atoms with Gasteiger partial charge in [-0.2, -0.15) is 0 Å². The van der Waals surface area contributed by atoms with Gasteiger partial charge in [-0.3, -0.25) is 0 Å². The van der Waals surface area contributed by atoms with Gasteiger partial charge in [-0.1, -0.05) is 58.3 Å². The molecule has 0 aliphatic carbocycles. The van der Waals surface area contributed by atoms with Gasteiger partial charge in [0.2, 0.25) is 0 Å². The van der Waals surface area contributed by atoms with Gasteiger partial charge in [-0.15, -0.1) is 0 Å². The van der Waals surface area contributed by atoms with Crippen LogP contribution in [0.2, 0.25) is 0 Å². The molecule has 0 fully saturated rings. The van der Waals surface area contributed by atoms with Gasteiger partial charge in [0.25, 0.3) is 0 Å². The van der Waals surface area contributed by atoms with E-state index < -0.39 is 5.97 Å². The van der Waals surface area contributed by atoms with Crippen molar-refractivity contribution < 1.29 is 15.4 Å². The van der Waals surface area contributed by atoms with Crippen LogP contribution in [0.3, 0.4) is 0 Å². The molecule has 16 heavy (non-hydrogen) atoms. The molecule has 0 aromatic carbocycles. The standard InChI is InChI=1S/C12H24O2.Mg.H2O/c1-2-3-4-5-6-7-8-9-10-11-12(13)14;;/h2-11H2,1H3,(H,13,14);;1H2/q;+2;/p-2. The van der Waals surface area contributed by atoms with Crippen molar-refractivity contribution in [1.82, 2.24) is 0 Å². The smallest absolute Gasteiger partial charge is 0.870 e. The van der Waals surface area contributed by atoms with Crippen molar-refractivity contribution in [3.63, 3.8) is 0 Å². The summed E-state index contributed by atoms with van der Waals surface area (Å²) in [6.45, 7) is 2.22. The summed E-state index contributed by atoms with van der Waals surface area (Å²) in [6, 6.07) is 0. The van der Waals surface area contributed by atoms with E-state index in [9.17, 15) is 9.90 Å². The molecule has 0 aliphatic rings. The first-order valence-electron chi connectivity index (χ1n) is 5.97. The molecule has 0 saturated carbocycles. The maximum Gasteiger partial charge on any atom is 2.00 e. The fourth-order valence-corrected chi connectivity index (χ4v) is 1.58. The second kappa shape index (κ2) is 17.6. The zero-order chi connectivity index (χ0) is 10.6. The number of carboxylic acid groups (broad SMARTS) is 1. The summed E-state index contributed by atoms with van der Waals surface area (Å²) in [5, 5.41) is 10.1. The van der Waals surface area contributed by atoms with Crippen LogP contribution in [-0.4, -0.2) is 34.5 Å². The van der Waals surface area contributed by atoms with Crippen LogP contribution < -0.4 is 5.11 Å². The molecule has 0 saturated heterocycles. The molecule has 1 N–H and O–H groups in total. The predicted octanol–water partition coefficient (Wildman–Crippen LogP) is 2.10. The first kappa shape index (κ1) is 21.5. The van der Waals surface area contributed by atoms with Crippen LogP contribution in [0, 0.1) is 0 Å². The number of hydrogen-bond donors (Lipinski definition) is 0. The summed E-state index contributed by atoms with van der Waals surface area (Å²) in [7, 11) is 0. The number of carbonyl (C=O) groups is 1. The normalized spacial score (nSPS) is 9.06. The van der Waals surface area contributed by atoms with Gasteiger partial charge in [0.1, 0.15) is 0 Å². The Balaban J connectivity index is -0.000000845. The molecular weight excluding hydrogens is 216 g/mol. The Morgan fingerprint density at radius 2 is 1.25 bits per heavy atom. The predicted molar refractivity (Wildman–Crippen MR) is 64.5 cm³/mol. The van der Waals surface area contributed by atoms with E-state index in [1.165, 1.54) is 44.9 Å². The Morgan fingerprint density at radius 3 is 1.62 bits per heavy atom. The van der Waals surface area contributed by atoms with E-state index in [1.807, 2.05) is 0 Å². The third kappa shape index (κ3) is 19.7. The van der Waals surface area contributed by atoms with E-state index in [4.69, 9.17) is 0 Å². The van der Waals surface area contributed by atoms with Gasteiger partial charge >= 0.3 is 23.1 Å². The van der Waals surface area contributed by atoms with Crippen LogP contribution in [0.25, 0.3) is 0 Å². The van der Waals surface area contributed by atoms with Crippen LogP contribution in [0.4, 0.5) is 0 Å². The molecule has 0 spiro atoms. The average molecular weight is 241 g/mol. The monoisotopic (exact) mass is 240 g/mol. The number of rotatable bonds is 10. The molecule has 0 aromatic rings. The van der Waals surface area contributed by atoms with Gasteiger partial charge in [0, 0.05) is 5.97 Å². The molecule has 0 aliphatic heterocycles. The third-order valence-corrected chi connectivity index (χ3v) is 2.48. The zero-order valence-corrected chi connectivity index (χ0v) is 12.0. The van der Waals surface area contributed by atoms with Crippen molar-refractivity contribution >= 4 is 29.0 Å². The number of aliphatic carboxylic acids is 1. The summed E-state index contributed by atoms with van der Waals surface area (Å²) < 4.78 is 0. The molecule has 3 nitrogen and oxygen atoms in total. The van der Waals surface area contributed by atoms with Gasteiger partial charge < -0.3 is 15.4 Å². The fourth-order valence-electron chi connectivity index (χ4n) is 1.58. The van der Waals surface area contributed by atoms with Crippen molar-refractivity contribution in [3.05, 3.63) is 0 Å². The largest absolute Gasteiger partial charge is 2.00 e.